The van der Waals surface area contributed by atoms with Gasteiger partial charge in [-0.2, -0.15) is 0 Å². The molecular formula is C19H14N4O2S. The lowest BCUT2D eigenvalue weighted by Gasteiger charge is -2.08. The lowest BCUT2D eigenvalue weighted by Crippen LogP contribution is -2.15. The summed E-state index contributed by atoms with van der Waals surface area (Å²) in [6.45, 7) is 0. The van der Waals surface area contributed by atoms with Gasteiger partial charge in [0, 0.05) is 5.69 Å². The number of nitrogens with one attached hydrogen (secondary N) is 2. The third-order valence-corrected chi connectivity index (χ3v) is 4.42. The van der Waals surface area contributed by atoms with Crippen molar-refractivity contribution in [2.75, 3.05) is 5.32 Å². The topological polar surface area (TPSA) is 79.9 Å². The Balaban J connectivity index is 1.47. The molecule has 0 saturated heterocycles. The molecule has 0 spiro atoms. The first-order chi connectivity index (χ1) is 12.8. The van der Waals surface area contributed by atoms with Gasteiger partial charge in [0.1, 0.15) is 11.5 Å². The second-order valence-corrected chi connectivity index (χ2v) is 6.34. The Hall–Kier alpha value is -3.45. The largest absolute Gasteiger partial charge is 0.457 e. The van der Waals surface area contributed by atoms with Crippen molar-refractivity contribution in [1.29, 1.82) is 0 Å². The number of hydrogen-bond donors (Lipinski definition) is 2. The Bertz CT molecular complexity index is 1050. The second-order valence-electron chi connectivity index (χ2n) is 5.39. The SMILES string of the molecule is O=c1[nH]c(Nc2ccc(Oc3ccccc3)cc2)nnc1-c1cccs1. The molecule has 4 aromatic rings. The first-order valence-corrected chi connectivity index (χ1v) is 8.77. The fraction of sp³-hybridized carbons (Fsp3) is 0. The van der Waals surface area contributed by atoms with Gasteiger partial charge in [-0.05, 0) is 47.8 Å². The molecule has 6 nitrogen and oxygen atoms in total. The summed E-state index contributed by atoms with van der Waals surface area (Å²) in [6.07, 6.45) is 0. The summed E-state index contributed by atoms with van der Waals surface area (Å²) in [5.41, 5.74) is 0.797. The first kappa shape index (κ1) is 16.0. The standard InChI is InChI=1S/C19H14N4O2S/c24-18-17(16-7-4-12-26-16)22-23-19(21-18)20-13-8-10-15(11-9-13)25-14-5-2-1-3-6-14/h1-12H,(H2,20,21,23,24). The number of para-hydroxylation sites is 1. The molecular weight excluding hydrogens is 348 g/mol. The van der Waals surface area contributed by atoms with Gasteiger partial charge < -0.3 is 10.1 Å². The molecule has 0 bridgehead atoms. The molecule has 0 fully saturated rings. The van der Waals surface area contributed by atoms with Gasteiger partial charge in [-0.25, -0.2) is 0 Å². The molecule has 7 heteroatoms. The van der Waals surface area contributed by atoms with Crippen molar-refractivity contribution < 1.29 is 4.74 Å². The van der Waals surface area contributed by atoms with E-state index in [0.29, 0.717) is 5.69 Å². The van der Waals surface area contributed by atoms with Crippen molar-refractivity contribution in [3.63, 3.8) is 0 Å². The van der Waals surface area contributed by atoms with E-state index in [-0.39, 0.29) is 11.5 Å². The van der Waals surface area contributed by atoms with Crippen LogP contribution in [-0.4, -0.2) is 15.2 Å². The van der Waals surface area contributed by atoms with E-state index in [1.54, 1.807) is 0 Å². The summed E-state index contributed by atoms with van der Waals surface area (Å²) in [5.74, 6) is 1.77. The number of aromatic amines is 1. The Morgan fingerprint density at radius 1 is 0.885 bits per heavy atom. The van der Waals surface area contributed by atoms with E-state index in [9.17, 15) is 4.79 Å². The van der Waals surface area contributed by atoms with E-state index in [1.807, 2.05) is 72.1 Å². The summed E-state index contributed by atoms with van der Waals surface area (Å²) in [5, 5.41) is 13.0. The molecule has 0 atom stereocenters. The molecule has 0 aliphatic carbocycles. The number of benzene rings is 2. The average Bonchev–Trinajstić information content (AvgIpc) is 3.19. The Labute approximate surface area is 153 Å². The van der Waals surface area contributed by atoms with Crippen LogP contribution in [0.25, 0.3) is 10.6 Å². The van der Waals surface area contributed by atoms with Crippen molar-refractivity contribution in [3.8, 4) is 22.1 Å². The predicted octanol–water partition coefficient (Wildman–Crippen LogP) is 4.43. The van der Waals surface area contributed by atoms with Gasteiger partial charge in [-0.1, -0.05) is 24.3 Å². The lowest BCUT2D eigenvalue weighted by atomic mass is 10.3. The molecule has 2 aromatic heterocycles. The van der Waals surface area contributed by atoms with Gasteiger partial charge in [-0.15, -0.1) is 21.5 Å². The number of thiophene rings is 1. The molecule has 26 heavy (non-hydrogen) atoms. The van der Waals surface area contributed by atoms with Crippen LogP contribution in [0.2, 0.25) is 0 Å². The average molecular weight is 362 g/mol. The molecule has 2 aromatic carbocycles. The van der Waals surface area contributed by atoms with Crippen LogP contribution in [0.5, 0.6) is 11.5 Å². The Morgan fingerprint density at radius 3 is 2.35 bits per heavy atom. The monoisotopic (exact) mass is 362 g/mol. The second kappa shape index (κ2) is 7.20. The minimum absolute atomic E-state index is 0.283. The van der Waals surface area contributed by atoms with Crippen LogP contribution >= 0.6 is 11.3 Å². The highest BCUT2D eigenvalue weighted by Crippen LogP contribution is 2.23. The third-order valence-electron chi connectivity index (χ3n) is 3.55. The fourth-order valence-electron chi connectivity index (χ4n) is 2.34. The maximum Gasteiger partial charge on any atom is 0.280 e. The number of H-pyrrole nitrogens is 1. The van der Waals surface area contributed by atoms with Gasteiger partial charge >= 0.3 is 0 Å². The summed E-state index contributed by atoms with van der Waals surface area (Å²) in [6, 6.07) is 20.6. The van der Waals surface area contributed by atoms with Gasteiger partial charge in [0.25, 0.3) is 5.56 Å². The number of anilines is 2. The van der Waals surface area contributed by atoms with Crippen LogP contribution in [0.1, 0.15) is 0 Å². The van der Waals surface area contributed by atoms with E-state index in [4.69, 9.17) is 4.74 Å². The van der Waals surface area contributed by atoms with Crippen molar-refractivity contribution in [1.82, 2.24) is 15.2 Å². The minimum atomic E-state index is -0.283. The normalized spacial score (nSPS) is 10.5. The van der Waals surface area contributed by atoms with Crippen LogP contribution in [0.3, 0.4) is 0 Å². The van der Waals surface area contributed by atoms with E-state index in [1.165, 1.54) is 11.3 Å². The van der Waals surface area contributed by atoms with Crippen LogP contribution in [-0.2, 0) is 0 Å². The van der Waals surface area contributed by atoms with E-state index < -0.39 is 0 Å². The maximum absolute atomic E-state index is 12.2. The zero-order valence-corrected chi connectivity index (χ0v) is 14.4. The van der Waals surface area contributed by atoms with E-state index >= 15 is 0 Å². The summed E-state index contributed by atoms with van der Waals surface area (Å²) in [4.78, 5) is 15.7. The zero-order chi connectivity index (χ0) is 17.8. The molecule has 0 unspecified atom stereocenters. The molecule has 0 amide bonds. The van der Waals surface area contributed by atoms with E-state index in [2.05, 4.69) is 20.5 Å². The number of hydrogen-bond acceptors (Lipinski definition) is 6. The van der Waals surface area contributed by atoms with Crippen molar-refractivity contribution in [3.05, 3.63) is 82.5 Å². The highest BCUT2D eigenvalue weighted by atomic mass is 32.1. The quantitative estimate of drug-likeness (QED) is 0.549. The van der Waals surface area contributed by atoms with Crippen LogP contribution < -0.4 is 15.6 Å². The third kappa shape index (κ3) is 3.62. The van der Waals surface area contributed by atoms with Gasteiger partial charge in [0.2, 0.25) is 5.95 Å². The Kier molecular flexibility index (Phi) is 4.44. The molecule has 0 radical (unpaired) electrons. The van der Waals surface area contributed by atoms with Gasteiger partial charge in [-0.3, -0.25) is 9.78 Å². The minimum Gasteiger partial charge on any atom is -0.457 e. The lowest BCUT2D eigenvalue weighted by molar-refractivity contribution is 0.483. The fourth-order valence-corrected chi connectivity index (χ4v) is 3.04. The van der Waals surface area contributed by atoms with Crippen molar-refractivity contribution in [2.24, 2.45) is 0 Å². The van der Waals surface area contributed by atoms with Crippen LogP contribution in [0.4, 0.5) is 11.6 Å². The number of nitrogens with zero attached hydrogens (tertiary/aromatic N) is 2. The Morgan fingerprint density at radius 2 is 1.65 bits per heavy atom. The van der Waals surface area contributed by atoms with Gasteiger partial charge in [0.15, 0.2) is 5.69 Å². The molecule has 2 N–H and O–H groups in total. The highest BCUT2D eigenvalue weighted by Gasteiger charge is 2.08. The molecule has 4 rings (SSSR count). The smallest absolute Gasteiger partial charge is 0.280 e. The summed E-state index contributed by atoms with van der Waals surface area (Å²) in [7, 11) is 0. The molecule has 0 aliphatic heterocycles. The van der Waals surface area contributed by atoms with Crippen LogP contribution in [0, 0.1) is 0 Å². The summed E-state index contributed by atoms with van der Waals surface area (Å²) >= 11 is 1.45. The number of rotatable bonds is 5. The number of ether oxygens (including phenoxy) is 1. The van der Waals surface area contributed by atoms with Crippen molar-refractivity contribution in [2.45, 2.75) is 0 Å². The molecule has 0 saturated carbocycles. The zero-order valence-electron chi connectivity index (χ0n) is 13.5. The van der Waals surface area contributed by atoms with Gasteiger partial charge in [0.05, 0.1) is 4.88 Å². The van der Waals surface area contributed by atoms with Crippen LogP contribution in [0.15, 0.2) is 76.9 Å². The van der Waals surface area contributed by atoms with Crippen molar-refractivity contribution >= 4 is 23.0 Å². The maximum atomic E-state index is 12.2. The summed E-state index contributed by atoms with van der Waals surface area (Å²) < 4.78 is 5.75. The highest BCUT2D eigenvalue weighted by molar-refractivity contribution is 7.13. The van der Waals surface area contributed by atoms with E-state index in [0.717, 1.165) is 22.1 Å². The first-order valence-electron chi connectivity index (χ1n) is 7.89. The number of aromatic nitrogens is 3. The predicted molar refractivity (Wildman–Crippen MR) is 102 cm³/mol. The molecule has 128 valence electrons. The molecule has 0 aliphatic rings. The molecule has 2 heterocycles.